The van der Waals surface area contributed by atoms with Gasteiger partial charge in [-0.2, -0.15) is 5.10 Å². The molecule has 0 atom stereocenters. The Hall–Kier alpha value is -2.15. The molecule has 0 spiro atoms. The zero-order chi connectivity index (χ0) is 19.5. The molecule has 0 saturated carbocycles. The van der Waals surface area contributed by atoms with Gasteiger partial charge in [0.05, 0.1) is 28.9 Å². The standard InChI is InChI=1S/C19H23BrN2O4/c1-6-25-18(24)16-15(20)12(2)22(21-16)11-13-7-9-14(10-8-13)17(23)26-19(3,4)5/h7-10H,6,11H2,1-5H3. The van der Waals surface area contributed by atoms with Crippen molar-refractivity contribution in [3.05, 3.63) is 51.3 Å². The Balaban J connectivity index is 2.16. The summed E-state index contributed by atoms with van der Waals surface area (Å²) in [5.41, 5.74) is 2.00. The number of benzene rings is 1. The molecule has 0 N–H and O–H groups in total. The molecular weight excluding hydrogens is 400 g/mol. The summed E-state index contributed by atoms with van der Waals surface area (Å²) in [6, 6.07) is 7.14. The van der Waals surface area contributed by atoms with E-state index in [1.165, 1.54) is 0 Å². The molecule has 0 amide bonds. The lowest BCUT2D eigenvalue weighted by Crippen LogP contribution is -2.23. The van der Waals surface area contributed by atoms with Gasteiger partial charge in [0.25, 0.3) is 0 Å². The fraction of sp³-hybridized carbons (Fsp3) is 0.421. The minimum absolute atomic E-state index is 0.259. The van der Waals surface area contributed by atoms with Crippen molar-refractivity contribution >= 4 is 27.9 Å². The molecule has 7 heteroatoms. The average Bonchev–Trinajstić information content (AvgIpc) is 2.83. The van der Waals surface area contributed by atoms with Gasteiger partial charge in [0, 0.05) is 0 Å². The minimum atomic E-state index is -0.530. The van der Waals surface area contributed by atoms with Crippen molar-refractivity contribution in [1.29, 1.82) is 0 Å². The van der Waals surface area contributed by atoms with Crippen LogP contribution in [0.3, 0.4) is 0 Å². The first-order valence-corrected chi connectivity index (χ1v) is 9.14. The highest BCUT2D eigenvalue weighted by Gasteiger charge is 2.20. The van der Waals surface area contributed by atoms with Gasteiger partial charge in [0.2, 0.25) is 0 Å². The molecule has 26 heavy (non-hydrogen) atoms. The molecule has 0 radical (unpaired) electrons. The van der Waals surface area contributed by atoms with Crippen molar-refractivity contribution in [2.24, 2.45) is 0 Å². The number of aromatic nitrogens is 2. The Morgan fingerprint density at radius 1 is 1.15 bits per heavy atom. The Bertz CT molecular complexity index is 804. The number of halogens is 1. The summed E-state index contributed by atoms with van der Waals surface area (Å²) in [5.74, 6) is -0.812. The lowest BCUT2D eigenvalue weighted by Gasteiger charge is -2.19. The zero-order valence-electron chi connectivity index (χ0n) is 15.6. The Labute approximate surface area is 161 Å². The summed E-state index contributed by atoms with van der Waals surface area (Å²) in [7, 11) is 0. The Kier molecular flexibility index (Phi) is 6.23. The van der Waals surface area contributed by atoms with E-state index in [1.54, 1.807) is 23.7 Å². The van der Waals surface area contributed by atoms with Crippen molar-refractivity contribution in [2.45, 2.75) is 46.8 Å². The Morgan fingerprint density at radius 2 is 1.77 bits per heavy atom. The van der Waals surface area contributed by atoms with Gasteiger partial charge >= 0.3 is 11.9 Å². The first-order chi connectivity index (χ1) is 12.1. The number of carbonyl (C=O) groups excluding carboxylic acids is 2. The van der Waals surface area contributed by atoms with E-state index in [-0.39, 0.29) is 11.7 Å². The van der Waals surface area contributed by atoms with E-state index < -0.39 is 11.6 Å². The second kappa shape index (κ2) is 8.03. The van der Waals surface area contributed by atoms with E-state index >= 15 is 0 Å². The maximum Gasteiger partial charge on any atom is 0.360 e. The summed E-state index contributed by atoms with van der Waals surface area (Å²) in [4.78, 5) is 24.0. The van der Waals surface area contributed by atoms with Crippen molar-refractivity contribution in [2.75, 3.05) is 6.61 Å². The number of hydrogen-bond acceptors (Lipinski definition) is 5. The third-order valence-electron chi connectivity index (χ3n) is 3.52. The van der Waals surface area contributed by atoms with Crippen molar-refractivity contribution in [1.82, 2.24) is 9.78 Å². The number of hydrogen-bond donors (Lipinski definition) is 0. The predicted octanol–water partition coefficient (Wildman–Crippen LogP) is 4.13. The van der Waals surface area contributed by atoms with Crippen LogP contribution in [-0.4, -0.2) is 33.9 Å². The SMILES string of the molecule is CCOC(=O)c1nn(Cc2ccc(C(=O)OC(C)(C)C)cc2)c(C)c1Br. The van der Waals surface area contributed by atoms with Gasteiger partial charge in [-0.3, -0.25) is 4.68 Å². The molecule has 1 aromatic carbocycles. The summed E-state index contributed by atoms with van der Waals surface area (Å²) >= 11 is 3.40. The average molecular weight is 423 g/mol. The third kappa shape index (κ3) is 4.94. The molecule has 140 valence electrons. The van der Waals surface area contributed by atoms with E-state index in [0.717, 1.165) is 11.3 Å². The van der Waals surface area contributed by atoms with Gasteiger partial charge in [-0.25, -0.2) is 9.59 Å². The number of carbonyl (C=O) groups is 2. The topological polar surface area (TPSA) is 70.4 Å². The van der Waals surface area contributed by atoms with Crippen LogP contribution in [0.15, 0.2) is 28.7 Å². The van der Waals surface area contributed by atoms with Gasteiger partial charge in [-0.05, 0) is 68.2 Å². The van der Waals surface area contributed by atoms with Gasteiger partial charge in [-0.1, -0.05) is 12.1 Å². The van der Waals surface area contributed by atoms with Crippen LogP contribution < -0.4 is 0 Å². The number of nitrogens with zero attached hydrogens (tertiary/aromatic N) is 2. The lowest BCUT2D eigenvalue weighted by molar-refractivity contribution is 0.00692. The molecule has 0 aliphatic carbocycles. The van der Waals surface area contributed by atoms with Gasteiger partial charge in [0.15, 0.2) is 5.69 Å². The second-order valence-corrected chi connectivity index (χ2v) is 7.62. The molecular formula is C19H23BrN2O4. The molecule has 0 bridgehead atoms. The van der Waals surface area contributed by atoms with Crippen LogP contribution in [0.25, 0.3) is 0 Å². The van der Waals surface area contributed by atoms with Crippen LogP contribution >= 0.6 is 15.9 Å². The first kappa shape index (κ1) is 20.2. The van der Waals surface area contributed by atoms with Crippen LogP contribution in [0, 0.1) is 6.92 Å². The monoisotopic (exact) mass is 422 g/mol. The van der Waals surface area contributed by atoms with Crippen molar-refractivity contribution in [3.8, 4) is 0 Å². The molecule has 1 aromatic heterocycles. The van der Waals surface area contributed by atoms with Crippen LogP contribution in [0.5, 0.6) is 0 Å². The third-order valence-corrected chi connectivity index (χ3v) is 4.47. The zero-order valence-corrected chi connectivity index (χ0v) is 17.2. The maximum atomic E-state index is 12.1. The molecule has 6 nitrogen and oxygen atoms in total. The minimum Gasteiger partial charge on any atom is -0.461 e. The molecule has 2 aromatic rings. The summed E-state index contributed by atoms with van der Waals surface area (Å²) < 4.78 is 12.7. The highest BCUT2D eigenvalue weighted by Crippen LogP contribution is 2.22. The lowest BCUT2D eigenvalue weighted by atomic mass is 10.1. The van der Waals surface area contributed by atoms with Crippen molar-refractivity contribution in [3.63, 3.8) is 0 Å². The molecule has 0 fully saturated rings. The van der Waals surface area contributed by atoms with Crippen LogP contribution in [0.1, 0.15) is 59.8 Å². The number of ether oxygens (including phenoxy) is 2. The fourth-order valence-corrected chi connectivity index (χ4v) is 2.71. The van der Waals surface area contributed by atoms with E-state index in [0.29, 0.717) is 23.2 Å². The largest absolute Gasteiger partial charge is 0.461 e. The molecule has 2 rings (SSSR count). The van der Waals surface area contributed by atoms with Crippen LogP contribution in [-0.2, 0) is 16.0 Å². The summed E-state index contributed by atoms with van der Waals surface area (Å²) in [6.07, 6.45) is 0. The van der Waals surface area contributed by atoms with E-state index in [2.05, 4.69) is 21.0 Å². The fourth-order valence-electron chi connectivity index (χ4n) is 2.26. The predicted molar refractivity (Wildman–Crippen MR) is 101 cm³/mol. The van der Waals surface area contributed by atoms with Crippen molar-refractivity contribution < 1.29 is 19.1 Å². The van der Waals surface area contributed by atoms with E-state index in [1.807, 2.05) is 39.8 Å². The van der Waals surface area contributed by atoms with Gasteiger partial charge < -0.3 is 9.47 Å². The Morgan fingerprint density at radius 3 is 2.31 bits per heavy atom. The van der Waals surface area contributed by atoms with E-state index in [9.17, 15) is 9.59 Å². The van der Waals surface area contributed by atoms with Gasteiger partial charge in [0.1, 0.15) is 5.60 Å². The first-order valence-electron chi connectivity index (χ1n) is 8.34. The molecule has 0 aliphatic rings. The van der Waals surface area contributed by atoms with Crippen LogP contribution in [0.4, 0.5) is 0 Å². The smallest absolute Gasteiger partial charge is 0.360 e. The van der Waals surface area contributed by atoms with Gasteiger partial charge in [-0.15, -0.1) is 0 Å². The molecule has 0 aliphatic heterocycles. The summed E-state index contributed by atoms with van der Waals surface area (Å²) in [5, 5.41) is 4.33. The van der Waals surface area contributed by atoms with Crippen LogP contribution in [0.2, 0.25) is 0 Å². The number of esters is 2. The summed E-state index contributed by atoms with van der Waals surface area (Å²) in [6.45, 7) is 9.88. The normalized spacial score (nSPS) is 11.3. The van der Waals surface area contributed by atoms with E-state index in [4.69, 9.17) is 9.47 Å². The maximum absolute atomic E-state index is 12.1. The molecule has 0 unspecified atom stereocenters. The molecule has 1 heterocycles. The highest BCUT2D eigenvalue weighted by atomic mass is 79.9. The molecule has 0 saturated heterocycles. The quantitative estimate of drug-likeness (QED) is 0.677. The number of rotatable bonds is 5. The second-order valence-electron chi connectivity index (χ2n) is 6.82. The highest BCUT2D eigenvalue weighted by molar-refractivity contribution is 9.10.